The zero-order chi connectivity index (χ0) is 15.1. The molecular weight excluding hydrogens is 252 g/mol. The van der Waals surface area contributed by atoms with Gasteiger partial charge in [0.15, 0.2) is 6.10 Å². The number of ether oxygens (including phenoxy) is 1. The van der Waals surface area contributed by atoms with E-state index in [4.69, 9.17) is 4.74 Å². The standard InChI is InChI=1S/C16H26N2O2/c1-6-9-18-16(19)13(4)20-15-8-7-14(10-11(15)2)12(3)17-5/h7-8,10,12-13,17H,6,9H2,1-5H3,(H,18,19). The van der Waals surface area contributed by atoms with Gasteiger partial charge in [-0.3, -0.25) is 4.79 Å². The molecule has 1 amide bonds. The van der Waals surface area contributed by atoms with Crippen molar-refractivity contribution in [2.75, 3.05) is 13.6 Å². The molecule has 0 radical (unpaired) electrons. The Labute approximate surface area is 121 Å². The second-order valence-corrected chi connectivity index (χ2v) is 5.09. The Morgan fingerprint density at radius 3 is 2.60 bits per heavy atom. The number of benzene rings is 1. The van der Waals surface area contributed by atoms with Crippen LogP contribution in [0.2, 0.25) is 0 Å². The number of hydrogen-bond donors (Lipinski definition) is 2. The first kappa shape index (κ1) is 16.5. The summed E-state index contributed by atoms with van der Waals surface area (Å²) in [6.07, 6.45) is 0.446. The fraction of sp³-hybridized carbons (Fsp3) is 0.562. The predicted octanol–water partition coefficient (Wildman–Crippen LogP) is 2.57. The van der Waals surface area contributed by atoms with Crippen molar-refractivity contribution < 1.29 is 9.53 Å². The van der Waals surface area contributed by atoms with E-state index in [1.54, 1.807) is 6.92 Å². The van der Waals surface area contributed by atoms with Crippen LogP contribution in [0.25, 0.3) is 0 Å². The molecule has 0 saturated heterocycles. The first-order valence-electron chi connectivity index (χ1n) is 7.21. The van der Waals surface area contributed by atoms with Crippen LogP contribution in [-0.4, -0.2) is 25.6 Å². The number of hydrogen-bond acceptors (Lipinski definition) is 3. The Kier molecular flexibility index (Phi) is 6.52. The van der Waals surface area contributed by atoms with Gasteiger partial charge in [0.2, 0.25) is 0 Å². The van der Waals surface area contributed by atoms with Crippen LogP contribution in [0.4, 0.5) is 0 Å². The van der Waals surface area contributed by atoms with E-state index in [2.05, 4.69) is 23.6 Å². The van der Waals surface area contributed by atoms with Crippen LogP contribution in [0.1, 0.15) is 44.4 Å². The summed E-state index contributed by atoms with van der Waals surface area (Å²) in [5.74, 6) is 0.690. The molecule has 20 heavy (non-hydrogen) atoms. The number of aryl methyl sites for hydroxylation is 1. The fourth-order valence-electron chi connectivity index (χ4n) is 1.88. The molecule has 2 N–H and O–H groups in total. The van der Waals surface area contributed by atoms with Crippen LogP contribution in [-0.2, 0) is 4.79 Å². The van der Waals surface area contributed by atoms with E-state index in [0.717, 1.165) is 17.7 Å². The summed E-state index contributed by atoms with van der Waals surface area (Å²) in [5.41, 5.74) is 2.25. The minimum Gasteiger partial charge on any atom is -0.481 e. The van der Waals surface area contributed by atoms with E-state index >= 15 is 0 Å². The Bertz CT molecular complexity index is 446. The Morgan fingerprint density at radius 1 is 1.35 bits per heavy atom. The van der Waals surface area contributed by atoms with Crippen molar-refractivity contribution in [2.24, 2.45) is 0 Å². The average Bonchev–Trinajstić information content (AvgIpc) is 2.45. The highest BCUT2D eigenvalue weighted by atomic mass is 16.5. The molecule has 0 fully saturated rings. The smallest absolute Gasteiger partial charge is 0.260 e. The highest BCUT2D eigenvalue weighted by Crippen LogP contribution is 2.23. The number of carbonyl (C=O) groups excluding carboxylic acids is 1. The third-order valence-corrected chi connectivity index (χ3v) is 3.35. The summed E-state index contributed by atoms with van der Waals surface area (Å²) < 4.78 is 5.74. The molecule has 112 valence electrons. The fourth-order valence-corrected chi connectivity index (χ4v) is 1.88. The maximum absolute atomic E-state index is 11.8. The lowest BCUT2D eigenvalue weighted by atomic mass is 10.1. The molecule has 4 nitrogen and oxygen atoms in total. The molecule has 0 aliphatic carbocycles. The molecule has 0 heterocycles. The third kappa shape index (κ3) is 4.53. The molecule has 0 bridgehead atoms. The summed E-state index contributed by atoms with van der Waals surface area (Å²) in [7, 11) is 1.94. The van der Waals surface area contributed by atoms with E-state index in [9.17, 15) is 4.79 Å². The molecule has 0 spiro atoms. The van der Waals surface area contributed by atoms with Crippen LogP contribution in [0.5, 0.6) is 5.75 Å². The highest BCUT2D eigenvalue weighted by Gasteiger charge is 2.15. The van der Waals surface area contributed by atoms with Crippen LogP contribution >= 0.6 is 0 Å². The van der Waals surface area contributed by atoms with E-state index in [0.29, 0.717) is 12.6 Å². The second-order valence-electron chi connectivity index (χ2n) is 5.09. The average molecular weight is 278 g/mol. The molecule has 0 saturated carbocycles. The molecule has 0 aliphatic heterocycles. The third-order valence-electron chi connectivity index (χ3n) is 3.35. The van der Waals surface area contributed by atoms with Gasteiger partial charge in [-0.1, -0.05) is 19.1 Å². The molecule has 1 rings (SSSR count). The van der Waals surface area contributed by atoms with Gasteiger partial charge in [-0.25, -0.2) is 0 Å². The van der Waals surface area contributed by atoms with Crippen LogP contribution in [0, 0.1) is 6.92 Å². The van der Waals surface area contributed by atoms with Crippen molar-refractivity contribution in [1.29, 1.82) is 0 Å². The van der Waals surface area contributed by atoms with Crippen molar-refractivity contribution in [3.8, 4) is 5.75 Å². The Balaban J connectivity index is 2.71. The number of carbonyl (C=O) groups is 1. The molecule has 1 aromatic rings. The van der Waals surface area contributed by atoms with Crippen LogP contribution in [0.15, 0.2) is 18.2 Å². The largest absolute Gasteiger partial charge is 0.481 e. The molecular formula is C16H26N2O2. The molecule has 0 aromatic heterocycles. The minimum absolute atomic E-state index is 0.0704. The Hall–Kier alpha value is -1.55. The van der Waals surface area contributed by atoms with Gasteiger partial charge >= 0.3 is 0 Å². The number of rotatable bonds is 7. The second kappa shape index (κ2) is 7.90. The van der Waals surface area contributed by atoms with Gasteiger partial charge < -0.3 is 15.4 Å². The van der Waals surface area contributed by atoms with Gasteiger partial charge in [-0.05, 0) is 51.4 Å². The van der Waals surface area contributed by atoms with Crippen molar-refractivity contribution in [1.82, 2.24) is 10.6 Å². The summed E-state index contributed by atoms with van der Waals surface area (Å²) in [4.78, 5) is 11.8. The first-order valence-corrected chi connectivity index (χ1v) is 7.21. The van der Waals surface area contributed by atoms with Crippen molar-refractivity contribution >= 4 is 5.91 Å². The Morgan fingerprint density at radius 2 is 2.05 bits per heavy atom. The van der Waals surface area contributed by atoms with Crippen LogP contribution in [0.3, 0.4) is 0 Å². The lowest BCUT2D eigenvalue weighted by Crippen LogP contribution is -2.36. The predicted molar refractivity (Wildman–Crippen MR) is 82.0 cm³/mol. The minimum atomic E-state index is -0.479. The summed E-state index contributed by atoms with van der Waals surface area (Å²) in [5, 5.41) is 6.04. The molecule has 0 aliphatic rings. The van der Waals surface area contributed by atoms with E-state index in [-0.39, 0.29) is 5.91 Å². The highest BCUT2D eigenvalue weighted by molar-refractivity contribution is 5.80. The van der Waals surface area contributed by atoms with Gasteiger partial charge in [-0.15, -0.1) is 0 Å². The van der Waals surface area contributed by atoms with Gasteiger partial charge in [0, 0.05) is 12.6 Å². The van der Waals surface area contributed by atoms with Crippen LogP contribution < -0.4 is 15.4 Å². The summed E-state index contributed by atoms with van der Waals surface area (Å²) in [6, 6.07) is 6.35. The summed E-state index contributed by atoms with van der Waals surface area (Å²) in [6.45, 7) is 8.59. The van der Waals surface area contributed by atoms with Crippen molar-refractivity contribution in [3.05, 3.63) is 29.3 Å². The number of nitrogens with one attached hydrogen (secondary N) is 2. The lowest BCUT2D eigenvalue weighted by Gasteiger charge is -2.18. The van der Waals surface area contributed by atoms with Crippen molar-refractivity contribution in [2.45, 2.75) is 46.3 Å². The zero-order valence-electron chi connectivity index (χ0n) is 13.1. The van der Waals surface area contributed by atoms with Gasteiger partial charge in [0.25, 0.3) is 5.91 Å². The molecule has 4 heteroatoms. The molecule has 1 aromatic carbocycles. The maximum atomic E-state index is 11.8. The SMILES string of the molecule is CCCNC(=O)C(C)Oc1ccc(C(C)NC)cc1C. The normalized spacial score (nSPS) is 13.7. The van der Waals surface area contributed by atoms with Gasteiger partial charge in [0.05, 0.1) is 0 Å². The van der Waals surface area contributed by atoms with Crippen molar-refractivity contribution in [3.63, 3.8) is 0 Å². The van der Waals surface area contributed by atoms with E-state index in [1.807, 2.05) is 33.0 Å². The summed E-state index contributed by atoms with van der Waals surface area (Å²) >= 11 is 0. The zero-order valence-corrected chi connectivity index (χ0v) is 13.1. The lowest BCUT2D eigenvalue weighted by molar-refractivity contribution is -0.127. The monoisotopic (exact) mass is 278 g/mol. The van der Waals surface area contributed by atoms with Gasteiger partial charge in [0.1, 0.15) is 5.75 Å². The number of amides is 1. The quantitative estimate of drug-likeness (QED) is 0.806. The van der Waals surface area contributed by atoms with E-state index < -0.39 is 6.10 Å². The van der Waals surface area contributed by atoms with E-state index in [1.165, 1.54) is 5.56 Å². The maximum Gasteiger partial charge on any atom is 0.260 e. The molecule has 2 atom stereocenters. The van der Waals surface area contributed by atoms with Gasteiger partial charge in [-0.2, -0.15) is 0 Å². The topological polar surface area (TPSA) is 50.4 Å². The first-order chi connectivity index (χ1) is 9.49. The molecule has 2 unspecified atom stereocenters.